The van der Waals surface area contributed by atoms with Gasteiger partial charge in [-0.05, 0) is 132 Å². The molecule has 4 aliphatic rings. The van der Waals surface area contributed by atoms with Crippen LogP contribution in [0.25, 0.3) is 33.3 Å². The summed E-state index contributed by atoms with van der Waals surface area (Å²) in [5.41, 5.74) is 10.8. The zero-order chi connectivity index (χ0) is 83.5. The first-order valence-electron chi connectivity index (χ1n) is 41.3. The van der Waals surface area contributed by atoms with Crippen LogP contribution in [0.4, 0.5) is 5.82 Å². The number of amides is 3. The Hall–Kier alpha value is -7.54. The summed E-state index contributed by atoms with van der Waals surface area (Å²) >= 11 is 0. The third kappa shape index (κ3) is 28.6. The van der Waals surface area contributed by atoms with Gasteiger partial charge < -0.3 is 104 Å². The number of piperidine rings is 1. The molecule has 0 spiro atoms. The highest BCUT2D eigenvalue weighted by Crippen LogP contribution is 2.39. The average Bonchev–Trinajstić information content (AvgIpc) is 1.56. The summed E-state index contributed by atoms with van der Waals surface area (Å²) in [6, 6.07) is 2.80. The van der Waals surface area contributed by atoms with Gasteiger partial charge in [0.2, 0.25) is 11.7 Å². The zero-order valence-electron chi connectivity index (χ0n) is 69.6. The summed E-state index contributed by atoms with van der Waals surface area (Å²) in [7, 11) is 4.60. The van der Waals surface area contributed by atoms with Gasteiger partial charge in [-0.2, -0.15) is 5.10 Å². The van der Waals surface area contributed by atoms with Crippen LogP contribution in [0.2, 0.25) is 0 Å². The monoisotopic (exact) mass is 1630 g/mol. The number of pyridine rings is 1. The van der Waals surface area contributed by atoms with Gasteiger partial charge in [0.15, 0.2) is 12.3 Å². The van der Waals surface area contributed by atoms with Gasteiger partial charge in [0.25, 0.3) is 17.6 Å². The molecule has 3 fully saturated rings. The Morgan fingerprint density at radius 2 is 1.46 bits per heavy atom. The molecular weight excluding hydrogens is 1500 g/mol. The van der Waals surface area contributed by atoms with Crippen LogP contribution in [0, 0.1) is 35.5 Å². The number of aromatic amines is 1. The number of oxime groups is 1. The second-order valence-electron chi connectivity index (χ2n) is 31.2. The normalized spacial score (nSPS) is 28.8. The largest absolute Gasteiger partial charge is 0.460 e. The Kier molecular flexibility index (Phi) is 39.8. The zero-order valence-corrected chi connectivity index (χ0v) is 69.6. The first-order chi connectivity index (χ1) is 55.9. The van der Waals surface area contributed by atoms with Crippen molar-refractivity contribution in [2.75, 3.05) is 133 Å². The summed E-state index contributed by atoms with van der Waals surface area (Å²) in [4.78, 5) is 92.4. The van der Waals surface area contributed by atoms with Crippen LogP contribution >= 0.6 is 0 Å². The number of nitrogen functional groups attached to an aromatic ring is 1. The lowest BCUT2D eigenvalue weighted by atomic mass is 9.78. The number of esters is 1. The number of ketones is 1. The Labute approximate surface area is 681 Å². The fourth-order valence-electron chi connectivity index (χ4n) is 15.4. The maximum atomic E-state index is 14.7. The van der Waals surface area contributed by atoms with Crippen LogP contribution < -0.4 is 16.4 Å². The number of carbonyl (C=O) groups is 5. The number of ether oxygens (including phenoxy) is 11. The van der Waals surface area contributed by atoms with E-state index in [0.29, 0.717) is 164 Å². The SMILES string of the molecule is CO[C@H]1C[C@@H]2CC[C@@H](C)[C@@](O)(O2)C(=O)C(=O)N2CCCC[C@H]2C(=O)O[C@H]([C@H](C)C[C@@H]2CC[C@@H](O)[C@H](OC)C2)C[C@@H](O)[C@H](C)/C=C(\C)[C@@H](O)[C@@H](OC)/C(=N/OCC(=O)NCCOCCOCCOCCOCCOCCOCCC(=O)NCCCCn2nc(-c3cnc4[nH]ccc4c3)c3c(N)ncnc32)[C@H](C)C[C@H](C)/C=C/C=C/C=C/1C. The number of nitrogens with one attached hydrogen (secondary N) is 3. The van der Waals surface area contributed by atoms with E-state index in [-0.39, 0.29) is 94.3 Å². The minimum absolute atomic E-state index is 0.0299. The lowest BCUT2D eigenvalue weighted by molar-refractivity contribution is -0.265. The maximum Gasteiger partial charge on any atom is 0.329 e. The van der Waals surface area contributed by atoms with Crippen LogP contribution in [0.5, 0.6) is 0 Å². The molecule has 0 radical (unpaired) electrons. The van der Waals surface area contributed by atoms with Crippen molar-refractivity contribution in [1.29, 1.82) is 0 Å². The fourth-order valence-corrected chi connectivity index (χ4v) is 15.4. The molecule has 1 saturated carbocycles. The van der Waals surface area contributed by atoms with E-state index in [0.717, 1.165) is 35.0 Å². The highest BCUT2D eigenvalue weighted by molar-refractivity contribution is 6.39. The number of nitrogens with zero attached hydrogens (tertiary/aromatic N) is 7. The molecule has 4 aromatic rings. The van der Waals surface area contributed by atoms with Crippen molar-refractivity contribution in [1.82, 2.24) is 45.2 Å². The number of aromatic nitrogens is 6. The quantitative estimate of drug-likeness (QED) is 0.00730. The predicted octanol–water partition coefficient (Wildman–Crippen LogP) is 7.24. The van der Waals surface area contributed by atoms with Gasteiger partial charge in [0.1, 0.15) is 47.8 Å². The van der Waals surface area contributed by atoms with E-state index in [9.17, 15) is 44.4 Å². The molecule has 32 heteroatoms. The summed E-state index contributed by atoms with van der Waals surface area (Å²) < 4.78 is 65.8. The first kappa shape index (κ1) is 94.0. The molecule has 116 heavy (non-hydrogen) atoms. The predicted molar refractivity (Wildman–Crippen MR) is 434 cm³/mol. The third-order valence-electron chi connectivity index (χ3n) is 22.3. The molecule has 7 heterocycles. The van der Waals surface area contributed by atoms with Crippen molar-refractivity contribution in [3.63, 3.8) is 0 Å². The number of allylic oxidation sites excluding steroid dienone is 5. The summed E-state index contributed by atoms with van der Waals surface area (Å²) in [5.74, 6) is -7.56. The van der Waals surface area contributed by atoms with Gasteiger partial charge in [0.05, 0.1) is 121 Å². The Morgan fingerprint density at radius 1 is 0.759 bits per heavy atom. The van der Waals surface area contributed by atoms with Crippen LogP contribution in [0.1, 0.15) is 145 Å². The number of cyclic esters (lactones) is 1. The lowest BCUT2D eigenvalue weighted by Crippen LogP contribution is -2.61. The number of nitrogens with two attached hydrogens (primary N) is 1. The number of carbonyl (C=O) groups excluding carboxylic acids is 5. The van der Waals surface area contributed by atoms with Crippen LogP contribution in [-0.4, -0.2) is 278 Å². The minimum Gasteiger partial charge on any atom is -0.460 e. The third-order valence-corrected chi connectivity index (χ3v) is 22.3. The van der Waals surface area contributed by atoms with Crippen LogP contribution in [0.15, 0.2) is 83.6 Å². The number of aliphatic hydroxyl groups is 4. The van der Waals surface area contributed by atoms with E-state index >= 15 is 0 Å². The van der Waals surface area contributed by atoms with E-state index in [1.807, 2.05) is 81.1 Å². The molecule has 32 nitrogen and oxygen atoms in total. The Bertz CT molecular complexity index is 3850. The van der Waals surface area contributed by atoms with Crippen molar-refractivity contribution >= 4 is 63.1 Å². The molecule has 8 rings (SSSR count). The molecule has 646 valence electrons. The number of aryl methyl sites for hydroxylation is 1. The number of rotatable bonds is 36. The van der Waals surface area contributed by atoms with Crippen molar-refractivity contribution < 1.29 is 101 Å². The summed E-state index contributed by atoms with van der Waals surface area (Å²) in [5, 5.41) is 63.9. The number of anilines is 1. The molecule has 16 atom stereocenters. The van der Waals surface area contributed by atoms with E-state index in [1.165, 1.54) is 18.3 Å². The second kappa shape index (κ2) is 49.1. The number of methoxy groups -OCH3 is 3. The summed E-state index contributed by atoms with van der Waals surface area (Å²) in [6.07, 6.45) is 17.0. The van der Waals surface area contributed by atoms with Gasteiger partial charge in [-0.15, -0.1) is 0 Å². The van der Waals surface area contributed by atoms with Crippen molar-refractivity contribution in [3.05, 3.63) is 78.5 Å². The van der Waals surface area contributed by atoms with Gasteiger partial charge in [-0.1, -0.05) is 76.2 Å². The van der Waals surface area contributed by atoms with E-state index in [4.69, 9.17) is 67.8 Å². The highest BCUT2D eigenvalue weighted by Gasteiger charge is 2.53. The van der Waals surface area contributed by atoms with Gasteiger partial charge in [-0.25, -0.2) is 24.4 Å². The van der Waals surface area contributed by atoms with Gasteiger partial charge >= 0.3 is 5.97 Å². The molecule has 0 aromatic carbocycles. The highest BCUT2D eigenvalue weighted by atomic mass is 16.6. The molecule has 4 aromatic heterocycles. The number of aliphatic hydroxyl groups excluding tert-OH is 3. The topological polar surface area (TPSA) is 415 Å². The van der Waals surface area contributed by atoms with Crippen molar-refractivity contribution in [3.8, 4) is 11.3 Å². The number of hydrogen-bond acceptors (Lipinski definition) is 27. The molecule has 1 aliphatic carbocycles. The van der Waals surface area contributed by atoms with Crippen molar-refractivity contribution in [2.24, 2.45) is 40.7 Å². The van der Waals surface area contributed by atoms with Crippen molar-refractivity contribution in [2.45, 2.75) is 212 Å². The standard InChI is InChI=1S/C84H129N11O21/c1-54-18-12-11-13-19-55(2)68(105-8)49-64-23-21-60(7)84(104,116-64)78(101)82(102)94-30-16-14-20-65(94)83(103)115-69(57(4)46-61-22-24-66(96)70(47-61)106-9)50-67(97)56(3)45-59(6)76(100)77(107-10)74(58(5)44-54)93-114-52-72(99)87-29-33-109-35-37-111-39-41-113-43-42-112-40-38-110-36-34-108-32-26-71(98)86-27-15-17-31-95-81-73(79(85)90-53-91-81)75(92-95)63-48-62-25-28-88-80(62)89-51-63/h11-13,18-19,25,28,45,48,51,53-54,56-58,60-61,64-70,76-77,96-97,100,104H,14-17,20-24,26-27,29-44,46-47,49-50,52H2,1-10H3,(H,86,98)(H,87,99)(H,88,89)(H2,85,90,91)/b13-11+,18-12+,55-19+,59-45+,93-74+/t54-,56-,57-,58-,60-,61+,64+,65+,66-,67-,68+,69+,70-,76-,77+,84-/m1/s1. The summed E-state index contributed by atoms with van der Waals surface area (Å²) in [6.45, 7) is 18.0. The number of H-pyrrole nitrogens is 1. The Morgan fingerprint density at radius 3 is 2.16 bits per heavy atom. The number of fused-ring (bicyclic) bond motifs is 5. The fraction of sp³-hybridized carbons (Fsp3) is 0.690. The molecule has 3 aliphatic heterocycles. The number of unbranched alkanes of at least 4 members (excludes halogenated alkanes) is 1. The second-order valence-corrected chi connectivity index (χ2v) is 31.2. The van der Waals surface area contributed by atoms with E-state index in [2.05, 4.69) is 35.7 Å². The molecule has 9 N–H and O–H groups in total. The van der Waals surface area contributed by atoms with Gasteiger partial charge in [-0.3, -0.25) is 19.2 Å². The van der Waals surface area contributed by atoms with E-state index in [1.54, 1.807) is 47.3 Å². The Balaban J connectivity index is 0.736. The smallest absolute Gasteiger partial charge is 0.329 e. The van der Waals surface area contributed by atoms with Crippen LogP contribution in [-0.2, 0) is 87.5 Å². The molecular formula is C84H129N11O21. The van der Waals surface area contributed by atoms with Gasteiger partial charge in [0, 0.05) is 108 Å². The van der Waals surface area contributed by atoms with E-state index < -0.39 is 96.6 Å². The average molecular weight is 1630 g/mol. The minimum atomic E-state index is -2.46. The number of Topliss-reactive ketones (excluding diaryl/α,β-unsaturated/α-hetero) is 1. The molecule has 3 amide bonds. The lowest BCUT2D eigenvalue weighted by Gasteiger charge is -2.43. The molecule has 2 bridgehead atoms. The maximum absolute atomic E-state index is 14.7. The van der Waals surface area contributed by atoms with Crippen LogP contribution in [0.3, 0.4) is 0 Å². The molecule has 0 unspecified atom stereocenters. The first-order valence-corrected chi connectivity index (χ1v) is 41.3. The number of hydrogen-bond donors (Lipinski definition) is 8. The molecule has 2 saturated heterocycles.